The van der Waals surface area contributed by atoms with Gasteiger partial charge in [-0.3, -0.25) is 0 Å². The molecule has 2 aromatic rings. The van der Waals surface area contributed by atoms with E-state index in [0.29, 0.717) is 10.8 Å². The molecule has 1 saturated heterocycles. The van der Waals surface area contributed by atoms with Crippen LogP contribution in [0.3, 0.4) is 0 Å². The molecule has 21 heavy (non-hydrogen) atoms. The number of carbonyl (C=O) groups is 1. The summed E-state index contributed by atoms with van der Waals surface area (Å²) in [5.41, 5.74) is 1.26. The van der Waals surface area contributed by atoms with Gasteiger partial charge in [0.25, 0.3) is 0 Å². The third kappa shape index (κ3) is 3.68. The molecule has 1 aliphatic rings. The van der Waals surface area contributed by atoms with Crippen molar-refractivity contribution in [2.24, 2.45) is 0 Å². The van der Waals surface area contributed by atoms with Crippen LogP contribution in [0.25, 0.3) is 0 Å². The van der Waals surface area contributed by atoms with Gasteiger partial charge in [0.05, 0.1) is 11.2 Å². The summed E-state index contributed by atoms with van der Waals surface area (Å²) in [6, 6.07) is 10.4. The summed E-state index contributed by atoms with van der Waals surface area (Å²) in [6.45, 7) is 1.99. The van der Waals surface area contributed by atoms with E-state index in [2.05, 4.69) is 34.1 Å². The Balaban J connectivity index is 0.00000161. The van der Waals surface area contributed by atoms with Gasteiger partial charge in [-0.1, -0.05) is 18.2 Å². The molecular formula is C15H17LiN2O2S. The number of hydrogen-bond acceptors (Lipinski definition) is 4. The van der Waals surface area contributed by atoms with E-state index in [9.17, 15) is 4.79 Å². The molecule has 0 atom stereocenters. The maximum absolute atomic E-state index is 10.9. The van der Waals surface area contributed by atoms with Crippen molar-refractivity contribution in [2.75, 3.05) is 18.0 Å². The zero-order valence-corrected chi connectivity index (χ0v) is 11.8. The van der Waals surface area contributed by atoms with Crippen molar-refractivity contribution in [3.8, 4) is 0 Å². The van der Waals surface area contributed by atoms with Gasteiger partial charge in [-0.15, -0.1) is 11.3 Å². The van der Waals surface area contributed by atoms with Crippen LogP contribution in [0.5, 0.6) is 0 Å². The van der Waals surface area contributed by atoms with Gasteiger partial charge >= 0.3 is 24.8 Å². The second-order valence-electron chi connectivity index (χ2n) is 4.96. The number of aromatic carboxylic acids is 1. The molecule has 0 unspecified atom stereocenters. The first-order valence-electron chi connectivity index (χ1n) is 6.73. The molecule has 6 heteroatoms. The molecule has 1 aliphatic heterocycles. The predicted octanol–water partition coefficient (Wildman–Crippen LogP) is 2.58. The number of rotatable bonds is 3. The van der Waals surface area contributed by atoms with Gasteiger partial charge in [-0.05, 0) is 25.0 Å². The summed E-state index contributed by atoms with van der Waals surface area (Å²) in [5.74, 6) is -0.483. The Morgan fingerprint density at radius 2 is 1.90 bits per heavy atom. The van der Waals surface area contributed by atoms with E-state index in [0.717, 1.165) is 30.9 Å². The summed E-state index contributed by atoms with van der Waals surface area (Å²) < 4.78 is 0. The van der Waals surface area contributed by atoms with E-state index in [4.69, 9.17) is 5.11 Å². The zero-order valence-electron chi connectivity index (χ0n) is 11.0. The minimum atomic E-state index is -0.879. The van der Waals surface area contributed by atoms with Crippen molar-refractivity contribution in [2.45, 2.75) is 18.8 Å². The summed E-state index contributed by atoms with van der Waals surface area (Å²) in [4.78, 5) is 17.9. The van der Waals surface area contributed by atoms with Gasteiger partial charge < -0.3 is 10.0 Å². The first-order valence-corrected chi connectivity index (χ1v) is 7.54. The summed E-state index contributed by atoms with van der Waals surface area (Å²) in [6.07, 6.45) is 3.54. The van der Waals surface area contributed by atoms with E-state index in [1.807, 2.05) is 6.07 Å². The Labute approximate surface area is 140 Å². The number of piperidine rings is 1. The van der Waals surface area contributed by atoms with Crippen molar-refractivity contribution in [1.29, 1.82) is 0 Å². The summed E-state index contributed by atoms with van der Waals surface area (Å²) in [7, 11) is 0. The van der Waals surface area contributed by atoms with Crippen molar-refractivity contribution in [3.63, 3.8) is 0 Å². The molecule has 1 fully saturated rings. The second-order valence-corrected chi connectivity index (χ2v) is 6.03. The average Bonchev–Trinajstić information content (AvgIpc) is 2.98. The molecule has 0 radical (unpaired) electrons. The van der Waals surface area contributed by atoms with Crippen LogP contribution in [0, 0.1) is 0 Å². The topological polar surface area (TPSA) is 53.4 Å². The number of anilines is 1. The molecule has 0 aliphatic carbocycles. The molecule has 2 heterocycles. The number of nitrogens with zero attached hydrogens (tertiary/aromatic N) is 2. The van der Waals surface area contributed by atoms with Gasteiger partial charge in [0.15, 0.2) is 0 Å². The normalized spacial score (nSPS) is 15.5. The molecule has 4 nitrogen and oxygen atoms in total. The maximum atomic E-state index is 10.9. The zero-order chi connectivity index (χ0) is 13.9. The Morgan fingerprint density at radius 1 is 1.24 bits per heavy atom. The van der Waals surface area contributed by atoms with E-state index >= 15 is 0 Å². The molecule has 106 valence electrons. The van der Waals surface area contributed by atoms with Crippen LogP contribution in [0.4, 0.5) is 5.69 Å². The minimum absolute atomic E-state index is 0. The molecule has 0 saturated carbocycles. The van der Waals surface area contributed by atoms with Crippen LogP contribution >= 0.6 is 11.3 Å². The van der Waals surface area contributed by atoms with Crippen LogP contribution in [0.2, 0.25) is 0 Å². The summed E-state index contributed by atoms with van der Waals surface area (Å²) >= 11 is 1.32. The molecule has 0 spiro atoms. The fourth-order valence-electron chi connectivity index (χ4n) is 2.60. The number of carboxylic acid groups (broad SMARTS) is 1. The summed E-state index contributed by atoms with van der Waals surface area (Å²) in [5, 5.41) is 9.92. The fourth-order valence-corrected chi connectivity index (χ4v) is 3.52. The molecule has 1 N–H and O–H groups in total. The quantitative estimate of drug-likeness (QED) is 0.885. The van der Waals surface area contributed by atoms with Crippen LogP contribution in [-0.4, -0.2) is 48.0 Å². The predicted molar refractivity (Wildman–Crippen MR) is 86.9 cm³/mol. The third-order valence-electron chi connectivity index (χ3n) is 3.70. The van der Waals surface area contributed by atoms with E-state index in [1.165, 1.54) is 23.2 Å². The van der Waals surface area contributed by atoms with Crippen molar-refractivity contribution in [3.05, 3.63) is 46.4 Å². The van der Waals surface area contributed by atoms with Gasteiger partial charge in [-0.25, -0.2) is 9.78 Å². The van der Waals surface area contributed by atoms with Crippen molar-refractivity contribution >= 4 is 41.9 Å². The van der Waals surface area contributed by atoms with Crippen LogP contribution in [-0.2, 0) is 0 Å². The van der Waals surface area contributed by atoms with Gasteiger partial charge in [0.2, 0.25) is 0 Å². The molecule has 0 bridgehead atoms. The third-order valence-corrected chi connectivity index (χ3v) is 4.85. The van der Waals surface area contributed by atoms with E-state index in [1.54, 1.807) is 0 Å². The first kappa shape index (κ1) is 16.1. The number of aromatic nitrogens is 1. The van der Waals surface area contributed by atoms with Gasteiger partial charge in [0.1, 0.15) is 4.88 Å². The Bertz CT molecular complexity index is 595. The number of carboxylic acids is 1. The average molecular weight is 296 g/mol. The Morgan fingerprint density at radius 3 is 2.48 bits per heavy atom. The van der Waals surface area contributed by atoms with Crippen LogP contribution in [0.1, 0.15) is 33.4 Å². The molecule has 3 rings (SSSR count). The van der Waals surface area contributed by atoms with Crippen LogP contribution < -0.4 is 4.90 Å². The van der Waals surface area contributed by atoms with Gasteiger partial charge in [-0.2, -0.15) is 0 Å². The fraction of sp³-hybridized carbons (Fsp3) is 0.333. The van der Waals surface area contributed by atoms with E-state index in [-0.39, 0.29) is 18.9 Å². The van der Waals surface area contributed by atoms with Crippen molar-refractivity contribution < 1.29 is 9.90 Å². The van der Waals surface area contributed by atoms with Gasteiger partial charge in [0, 0.05) is 24.7 Å². The Kier molecular flexibility index (Phi) is 5.46. The number of hydrogen-bond donors (Lipinski definition) is 1. The standard InChI is InChI=1S/C15H16N2O2S.Li.H/c18-15(19)13-10-16-14(20-13)11-6-8-17(9-7-11)12-4-2-1-3-5-12;;/h1-5,10-11H,6-9H2,(H,18,19);;. The first-order chi connectivity index (χ1) is 9.74. The molecule has 1 aromatic carbocycles. The molecular weight excluding hydrogens is 279 g/mol. The van der Waals surface area contributed by atoms with Crippen molar-refractivity contribution in [1.82, 2.24) is 4.98 Å². The number of thiazole rings is 1. The second kappa shape index (κ2) is 7.12. The van der Waals surface area contributed by atoms with E-state index < -0.39 is 5.97 Å². The SMILES string of the molecule is O=C(O)c1cnc(C2CCN(c3ccccc3)CC2)s1.[LiH]. The molecule has 0 amide bonds. The monoisotopic (exact) mass is 296 g/mol. The number of benzene rings is 1. The Hall–Kier alpha value is -1.28. The molecule has 1 aromatic heterocycles. The number of para-hydroxylation sites is 1. The van der Waals surface area contributed by atoms with Crippen LogP contribution in [0.15, 0.2) is 36.5 Å².